The lowest BCUT2D eigenvalue weighted by atomic mass is 9.85. The fourth-order valence-electron chi connectivity index (χ4n) is 2.98. The molecular weight excluding hydrogens is 238 g/mol. The van der Waals surface area contributed by atoms with E-state index < -0.39 is 0 Å². The maximum Gasteiger partial charge on any atom is 0.223 e. The molecule has 1 unspecified atom stereocenters. The number of rotatable bonds is 3. The molecule has 19 heavy (non-hydrogen) atoms. The van der Waals surface area contributed by atoms with Gasteiger partial charge in [0.15, 0.2) is 5.82 Å². The Kier molecular flexibility index (Phi) is 2.90. The van der Waals surface area contributed by atoms with Gasteiger partial charge < -0.3 is 9.84 Å². The number of hydrogen-bond acceptors (Lipinski definition) is 4. The van der Waals surface area contributed by atoms with Crippen molar-refractivity contribution in [2.75, 3.05) is 0 Å². The molecule has 0 bridgehead atoms. The molecule has 2 aromatic rings. The van der Waals surface area contributed by atoms with Crippen LogP contribution in [0.25, 0.3) is 0 Å². The molecule has 1 atom stereocenters. The quantitative estimate of drug-likeness (QED) is 0.918. The largest absolute Gasteiger partial charge is 0.340 e. The number of aromatic nitrogens is 2. The van der Waals surface area contributed by atoms with Crippen LogP contribution in [0.5, 0.6) is 0 Å². The Morgan fingerprint density at radius 2 is 2.16 bits per heavy atom. The first-order valence-electron chi connectivity index (χ1n) is 6.67. The van der Waals surface area contributed by atoms with Crippen molar-refractivity contribution in [2.24, 2.45) is 5.41 Å². The fraction of sp³-hybridized carbons (Fsp3) is 0.467. The normalized spacial score (nSPS) is 20.5. The first-order chi connectivity index (χ1) is 9.06. The molecular formula is C15H19N3O. The van der Waals surface area contributed by atoms with E-state index in [0.717, 1.165) is 12.2 Å². The van der Waals surface area contributed by atoms with Gasteiger partial charge in [0.05, 0.1) is 6.54 Å². The van der Waals surface area contributed by atoms with E-state index in [4.69, 9.17) is 4.52 Å². The SMILES string of the molecule is Cc1nc(CNC2c3ccccc3CC2(C)C)no1. The number of hydrogen-bond donors (Lipinski definition) is 1. The molecule has 1 N–H and O–H groups in total. The van der Waals surface area contributed by atoms with E-state index in [1.54, 1.807) is 0 Å². The first-order valence-corrected chi connectivity index (χ1v) is 6.67. The van der Waals surface area contributed by atoms with Crippen LogP contribution in [0.1, 0.15) is 42.7 Å². The summed E-state index contributed by atoms with van der Waals surface area (Å²) in [6.07, 6.45) is 1.10. The van der Waals surface area contributed by atoms with Gasteiger partial charge >= 0.3 is 0 Å². The minimum Gasteiger partial charge on any atom is -0.340 e. The van der Waals surface area contributed by atoms with Crippen molar-refractivity contribution in [1.82, 2.24) is 15.5 Å². The molecule has 100 valence electrons. The zero-order valence-corrected chi connectivity index (χ0v) is 11.6. The summed E-state index contributed by atoms with van der Waals surface area (Å²) in [4.78, 5) is 4.24. The van der Waals surface area contributed by atoms with E-state index >= 15 is 0 Å². The minimum atomic E-state index is 0.211. The molecule has 0 radical (unpaired) electrons. The summed E-state index contributed by atoms with van der Waals surface area (Å²) < 4.78 is 5.00. The maximum atomic E-state index is 5.00. The average molecular weight is 257 g/mol. The lowest BCUT2D eigenvalue weighted by molar-refractivity contribution is 0.265. The van der Waals surface area contributed by atoms with Crippen LogP contribution in [0.15, 0.2) is 28.8 Å². The fourth-order valence-corrected chi connectivity index (χ4v) is 2.98. The van der Waals surface area contributed by atoms with Crippen LogP contribution in [-0.2, 0) is 13.0 Å². The van der Waals surface area contributed by atoms with Gasteiger partial charge in [-0.2, -0.15) is 4.98 Å². The zero-order valence-electron chi connectivity index (χ0n) is 11.6. The Hall–Kier alpha value is -1.68. The second kappa shape index (κ2) is 4.46. The third-order valence-corrected chi connectivity index (χ3v) is 3.83. The van der Waals surface area contributed by atoms with Gasteiger partial charge in [-0.15, -0.1) is 0 Å². The molecule has 4 heteroatoms. The highest BCUT2D eigenvalue weighted by molar-refractivity contribution is 5.37. The smallest absolute Gasteiger partial charge is 0.223 e. The van der Waals surface area contributed by atoms with Crippen molar-refractivity contribution >= 4 is 0 Å². The zero-order chi connectivity index (χ0) is 13.5. The Morgan fingerprint density at radius 1 is 1.37 bits per heavy atom. The van der Waals surface area contributed by atoms with Crippen LogP contribution in [0, 0.1) is 12.3 Å². The summed E-state index contributed by atoms with van der Waals surface area (Å²) in [5.74, 6) is 1.33. The summed E-state index contributed by atoms with van der Waals surface area (Å²) in [6, 6.07) is 8.98. The molecule has 1 aliphatic rings. The standard InChI is InChI=1S/C15H19N3O/c1-10-17-13(18-19-10)9-16-14-12-7-5-4-6-11(12)8-15(14,2)3/h4-7,14,16H,8-9H2,1-3H3. The van der Waals surface area contributed by atoms with E-state index in [1.807, 2.05) is 6.92 Å². The van der Waals surface area contributed by atoms with Crippen LogP contribution in [0.3, 0.4) is 0 Å². The second-order valence-corrected chi connectivity index (χ2v) is 5.91. The van der Waals surface area contributed by atoms with Crippen molar-refractivity contribution in [1.29, 1.82) is 0 Å². The molecule has 1 aromatic heterocycles. The molecule has 0 saturated heterocycles. The Morgan fingerprint density at radius 3 is 2.89 bits per heavy atom. The number of benzene rings is 1. The Labute approximate surface area is 113 Å². The molecule has 3 rings (SSSR count). The molecule has 1 aliphatic carbocycles. The first kappa shape index (κ1) is 12.4. The predicted octanol–water partition coefficient (Wildman–Crippen LogP) is 2.79. The molecule has 0 amide bonds. The van der Waals surface area contributed by atoms with Crippen LogP contribution < -0.4 is 5.32 Å². The number of fused-ring (bicyclic) bond motifs is 1. The van der Waals surface area contributed by atoms with Gasteiger partial charge in [-0.05, 0) is 23.0 Å². The van der Waals surface area contributed by atoms with Crippen molar-refractivity contribution in [3.63, 3.8) is 0 Å². The summed E-state index contributed by atoms with van der Waals surface area (Å²) >= 11 is 0. The van der Waals surface area contributed by atoms with Gasteiger partial charge in [-0.3, -0.25) is 0 Å². The van der Waals surface area contributed by atoms with Crippen LogP contribution in [-0.4, -0.2) is 10.1 Å². The number of nitrogens with zero attached hydrogens (tertiary/aromatic N) is 2. The lowest BCUT2D eigenvalue weighted by Crippen LogP contribution is -2.31. The van der Waals surface area contributed by atoms with Gasteiger partial charge in [0.1, 0.15) is 0 Å². The van der Waals surface area contributed by atoms with E-state index in [0.29, 0.717) is 18.5 Å². The highest BCUT2D eigenvalue weighted by Crippen LogP contribution is 2.44. The highest BCUT2D eigenvalue weighted by atomic mass is 16.5. The van der Waals surface area contributed by atoms with Crippen LogP contribution in [0.2, 0.25) is 0 Å². The van der Waals surface area contributed by atoms with Gasteiger partial charge in [0.2, 0.25) is 5.89 Å². The molecule has 1 heterocycles. The van der Waals surface area contributed by atoms with Gasteiger partial charge in [-0.25, -0.2) is 0 Å². The van der Waals surface area contributed by atoms with Crippen LogP contribution in [0.4, 0.5) is 0 Å². The van der Waals surface area contributed by atoms with Gasteiger partial charge in [0, 0.05) is 13.0 Å². The predicted molar refractivity (Wildman–Crippen MR) is 72.5 cm³/mol. The number of aryl methyl sites for hydroxylation is 1. The third-order valence-electron chi connectivity index (χ3n) is 3.83. The summed E-state index contributed by atoms with van der Waals surface area (Å²) in [7, 11) is 0. The second-order valence-electron chi connectivity index (χ2n) is 5.91. The molecule has 0 spiro atoms. The summed E-state index contributed by atoms with van der Waals surface area (Å²) in [6.45, 7) is 7.05. The molecule has 4 nitrogen and oxygen atoms in total. The summed E-state index contributed by atoms with van der Waals surface area (Å²) in [5, 5.41) is 7.50. The van der Waals surface area contributed by atoms with Crippen molar-refractivity contribution in [2.45, 2.75) is 39.8 Å². The maximum absolute atomic E-state index is 5.00. The van der Waals surface area contributed by atoms with E-state index in [2.05, 4.69) is 53.6 Å². The Balaban J connectivity index is 1.79. The molecule has 0 saturated carbocycles. The monoisotopic (exact) mass is 257 g/mol. The van der Waals surface area contributed by atoms with E-state index in [9.17, 15) is 0 Å². The summed E-state index contributed by atoms with van der Waals surface area (Å²) in [5.41, 5.74) is 3.05. The number of nitrogens with one attached hydrogen (secondary N) is 1. The molecule has 0 fully saturated rings. The lowest BCUT2D eigenvalue weighted by Gasteiger charge is -2.28. The highest BCUT2D eigenvalue weighted by Gasteiger charge is 2.38. The van der Waals surface area contributed by atoms with Crippen molar-refractivity contribution in [3.05, 3.63) is 47.1 Å². The molecule has 0 aliphatic heterocycles. The molecule has 1 aromatic carbocycles. The van der Waals surface area contributed by atoms with Crippen molar-refractivity contribution < 1.29 is 4.52 Å². The average Bonchev–Trinajstić information content (AvgIpc) is 2.87. The van der Waals surface area contributed by atoms with Gasteiger partial charge in [-0.1, -0.05) is 43.3 Å². The van der Waals surface area contributed by atoms with Crippen LogP contribution >= 0.6 is 0 Å². The minimum absolute atomic E-state index is 0.211. The van der Waals surface area contributed by atoms with Crippen molar-refractivity contribution in [3.8, 4) is 0 Å². The third kappa shape index (κ3) is 2.28. The topological polar surface area (TPSA) is 51.0 Å². The Bertz CT molecular complexity index is 589. The van der Waals surface area contributed by atoms with E-state index in [-0.39, 0.29) is 5.41 Å². The van der Waals surface area contributed by atoms with E-state index in [1.165, 1.54) is 11.1 Å². The van der Waals surface area contributed by atoms with Gasteiger partial charge in [0.25, 0.3) is 0 Å².